The maximum Gasteiger partial charge on any atom is 0.244 e. The molecule has 0 amide bonds. The minimum absolute atomic E-state index is 0.125. The number of aromatic nitrogens is 1. The molecule has 0 aromatic carbocycles. The molecule has 1 unspecified atom stereocenters. The summed E-state index contributed by atoms with van der Waals surface area (Å²) in [7, 11) is -2.02. The first-order valence-corrected chi connectivity index (χ1v) is 9.34. The van der Waals surface area contributed by atoms with Crippen molar-refractivity contribution in [2.24, 2.45) is 0 Å². The highest BCUT2D eigenvalue weighted by Crippen LogP contribution is 2.27. The first kappa shape index (κ1) is 16.4. The number of hydrogen-bond donors (Lipinski definition) is 2. The quantitative estimate of drug-likeness (QED) is 0.822. The van der Waals surface area contributed by atoms with Gasteiger partial charge in [0.1, 0.15) is 10.7 Å². The van der Waals surface area contributed by atoms with Gasteiger partial charge in [0.05, 0.1) is 6.04 Å². The lowest BCUT2D eigenvalue weighted by Gasteiger charge is -2.15. The first-order valence-electron chi connectivity index (χ1n) is 6.25. The van der Waals surface area contributed by atoms with E-state index in [-0.39, 0.29) is 10.9 Å². The maximum absolute atomic E-state index is 12.5. The van der Waals surface area contributed by atoms with Crippen LogP contribution < -0.4 is 10.0 Å². The molecular weight excluding hydrogens is 374 g/mol. The van der Waals surface area contributed by atoms with Crippen LogP contribution in [0.2, 0.25) is 0 Å². The predicted molar refractivity (Wildman–Crippen MR) is 89.3 cm³/mol. The SMILES string of the molecule is CNc1ncc(Br)cc1S(=O)(=O)NC(C)c1ccc(C)s1. The van der Waals surface area contributed by atoms with E-state index in [1.54, 1.807) is 24.6 Å². The molecule has 2 aromatic rings. The zero-order valence-electron chi connectivity index (χ0n) is 11.8. The van der Waals surface area contributed by atoms with Gasteiger partial charge >= 0.3 is 0 Å². The summed E-state index contributed by atoms with van der Waals surface area (Å²) in [5, 5.41) is 2.80. The highest BCUT2D eigenvalue weighted by molar-refractivity contribution is 9.10. The minimum atomic E-state index is -3.66. The van der Waals surface area contributed by atoms with Crippen molar-refractivity contribution >= 4 is 43.1 Å². The zero-order valence-corrected chi connectivity index (χ0v) is 15.1. The van der Waals surface area contributed by atoms with Crippen LogP contribution in [-0.2, 0) is 10.0 Å². The summed E-state index contributed by atoms with van der Waals surface area (Å²) in [4.78, 5) is 6.32. The summed E-state index contributed by atoms with van der Waals surface area (Å²) in [6.07, 6.45) is 1.55. The average Bonchev–Trinajstić information content (AvgIpc) is 2.85. The average molecular weight is 390 g/mol. The Morgan fingerprint density at radius 1 is 1.38 bits per heavy atom. The van der Waals surface area contributed by atoms with Crippen LogP contribution in [0, 0.1) is 6.92 Å². The second-order valence-corrected chi connectivity index (χ2v) is 8.46. The maximum atomic E-state index is 12.5. The van der Waals surface area contributed by atoms with Gasteiger partial charge in [0.2, 0.25) is 10.0 Å². The van der Waals surface area contributed by atoms with Gasteiger partial charge in [-0.1, -0.05) is 0 Å². The monoisotopic (exact) mass is 389 g/mol. The van der Waals surface area contributed by atoms with Crippen molar-refractivity contribution in [1.29, 1.82) is 0 Å². The van der Waals surface area contributed by atoms with E-state index in [1.807, 2.05) is 26.0 Å². The fourth-order valence-corrected chi connectivity index (χ4v) is 4.70. The smallest absolute Gasteiger partial charge is 0.244 e. The molecule has 21 heavy (non-hydrogen) atoms. The Labute approximate surface area is 137 Å². The van der Waals surface area contributed by atoms with Crippen molar-refractivity contribution in [3.63, 3.8) is 0 Å². The van der Waals surface area contributed by atoms with Gasteiger partial charge in [-0.15, -0.1) is 11.3 Å². The van der Waals surface area contributed by atoms with Gasteiger partial charge < -0.3 is 5.32 Å². The number of nitrogens with one attached hydrogen (secondary N) is 2. The molecule has 1 atom stereocenters. The van der Waals surface area contributed by atoms with E-state index in [0.29, 0.717) is 10.3 Å². The molecule has 0 bridgehead atoms. The Morgan fingerprint density at radius 3 is 2.67 bits per heavy atom. The van der Waals surface area contributed by atoms with Crippen molar-refractivity contribution in [2.75, 3.05) is 12.4 Å². The van der Waals surface area contributed by atoms with E-state index < -0.39 is 10.0 Å². The molecule has 0 aliphatic heterocycles. The minimum Gasteiger partial charge on any atom is -0.372 e. The number of thiophene rings is 1. The molecule has 5 nitrogen and oxygen atoms in total. The molecule has 2 heterocycles. The van der Waals surface area contributed by atoms with Crippen molar-refractivity contribution in [2.45, 2.75) is 24.8 Å². The molecule has 2 N–H and O–H groups in total. The third-order valence-corrected chi connectivity index (χ3v) is 6.04. The zero-order chi connectivity index (χ0) is 15.6. The normalized spacial score (nSPS) is 13.1. The van der Waals surface area contributed by atoms with Crippen molar-refractivity contribution in [3.8, 4) is 0 Å². The number of hydrogen-bond acceptors (Lipinski definition) is 5. The topological polar surface area (TPSA) is 71.1 Å². The molecule has 0 spiro atoms. The summed E-state index contributed by atoms with van der Waals surface area (Å²) in [6, 6.07) is 5.15. The van der Waals surface area contributed by atoms with Crippen LogP contribution in [0.25, 0.3) is 0 Å². The molecular formula is C13H16BrN3O2S2. The van der Waals surface area contributed by atoms with Crippen molar-refractivity contribution in [3.05, 3.63) is 38.6 Å². The molecule has 0 aliphatic rings. The Bertz CT molecular complexity index is 744. The lowest BCUT2D eigenvalue weighted by Crippen LogP contribution is -2.27. The Balaban J connectivity index is 2.32. The van der Waals surface area contributed by atoms with Crippen molar-refractivity contribution in [1.82, 2.24) is 9.71 Å². The van der Waals surface area contributed by atoms with Crippen molar-refractivity contribution < 1.29 is 8.42 Å². The van der Waals surface area contributed by atoms with Gasteiger partial charge in [-0.05, 0) is 48.0 Å². The molecule has 8 heteroatoms. The molecule has 0 aliphatic carbocycles. The van der Waals surface area contributed by atoms with E-state index in [0.717, 1.165) is 9.75 Å². The number of aryl methyl sites for hydroxylation is 1. The molecule has 2 aromatic heterocycles. The molecule has 0 saturated heterocycles. The van der Waals surface area contributed by atoms with E-state index in [9.17, 15) is 8.42 Å². The Hall–Kier alpha value is -0.960. The van der Waals surface area contributed by atoms with E-state index in [2.05, 4.69) is 31.0 Å². The van der Waals surface area contributed by atoms with Gasteiger partial charge in [-0.2, -0.15) is 0 Å². The Morgan fingerprint density at radius 2 is 2.10 bits per heavy atom. The molecule has 0 saturated carbocycles. The second-order valence-electron chi connectivity index (χ2n) is 4.54. The highest BCUT2D eigenvalue weighted by Gasteiger charge is 2.23. The lowest BCUT2D eigenvalue weighted by atomic mass is 10.3. The Kier molecular flexibility index (Phi) is 5.03. The van der Waals surface area contributed by atoms with Crippen LogP contribution in [0.15, 0.2) is 33.8 Å². The number of halogens is 1. The summed E-state index contributed by atoms with van der Waals surface area (Å²) in [5.41, 5.74) is 0. The summed E-state index contributed by atoms with van der Waals surface area (Å²) >= 11 is 4.83. The summed E-state index contributed by atoms with van der Waals surface area (Å²) < 4.78 is 28.4. The number of nitrogens with zero attached hydrogens (tertiary/aromatic N) is 1. The van der Waals surface area contributed by atoms with Crippen LogP contribution in [0.1, 0.15) is 22.7 Å². The molecule has 0 radical (unpaired) electrons. The van der Waals surface area contributed by atoms with Crippen LogP contribution >= 0.6 is 27.3 Å². The highest BCUT2D eigenvalue weighted by atomic mass is 79.9. The fourth-order valence-electron chi connectivity index (χ4n) is 1.85. The second kappa shape index (κ2) is 6.43. The van der Waals surface area contributed by atoms with E-state index in [4.69, 9.17) is 0 Å². The number of rotatable bonds is 5. The lowest BCUT2D eigenvalue weighted by molar-refractivity contribution is 0.568. The number of anilines is 1. The van der Waals surface area contributed by atoms with Gasteiger partial charge in [0, 0.05) is 27.5 Å². The third-order valence-electron chi connectivity index (χ3n) is 2.87. The summed E-state index contributed by atoms with van der Waals surface area (Å²) in [6.45, 7) is 3.82. The number of pyridine rings is 1. The predicted octanol–water partition coefficient (Wildman–Crippen LogP) is 3.30. The third kappa shape index (κ3) is 3.82. The summed E-state index contributed by atoms with van der Waals surface area (Å²) in [5.74, 6) is 0.320. The van der Waals surface area contributed by atoms with E-state index >= 15 is 0 Å². The number of sulfonamides is 1. The molecule has 2 rings (SSSR count). The standard InChI is InChI=1S/C13H16BrN3O2S2/c1-8-4-5-11(20-8)9(2)17-21(18,19)12-6-10(14)7-16-13(12)15-3/h4-7,9,17H,1-3H3,(H,15,16). The van der Waals surface area contributed by atoms with Crippen LogP contribution in [0.3, 0.4) is 0 Å². The fraction of sp³-hybridized carbons (Fsp3) is 0.308. The van der Waals surface area contributed by atoms with Crippen LogP contribution in [0.4, 0.5) is 5.82 Å². The van der Waals surface area contributed by atoms with E-state index in [1.165, 1.54) is 6.07 Å². The van der Waals surface area contributed by atoms with Gasteiger partial charge in [-0.25, -0.2) is 18.1 Å². The van der Waals surface area contributed by atoms with Crippen LogP contribution in [-0.4, -0.2) is 20.4 Å². The molecule has 0 fully saturated rings. The van der Waals surface area contributed by atoms with Crippen LogP contribution in [0.5, 0.6) is 0 Å². The largest absolute Gasteiger partial charge is 0.372 e. The molecule has 114 valence electrons. The first-order chi connectivity index (χ1) is 9.83. The van der Waals surface area contributed by atoms with Gasteiger partial charge in [-0.3, -0.25) is 0 Å². The van der Waals surface area contributed by atoms with Gasteiger partial charge in [0.15, 0.2) is 0 Å². The van der Waals surface area contributed by atoms with Gasteiger partial charge in [0.25, 0.3) is 0 Å².